The van der Waals surface area contributed by atoms with E-state index in [1.165, 1.54) is 16.7 Å². The average Bonchev–Trinajstić information content (AvgIpc) is 3.15. The third kappa shape index (κ3) is 3.57. The van der Waals surface area contributed by atoms with Crippen molar-refractivity contribution < 1.29 is 19.1 Å². The van der Waals surface area contributed by atoms with Crippen molar-refractivity contribution >= 4 is 11.6 Å². The number of ether oxygens (including phenoxy) is 2. The molecule has 0 spiro atoms. The van der Waals surface area contributed by atoms with Gasteiger partial charge >= 0.3 is 0 Å². The first-order chi connectivity index (χ1) is 16.1. The van der Waals surface area contributed by atoms with Gasteiger partial charge in [0.1, 0.15) is 24.3 Å². The van der Waals surface area contributed by atoms with E-state index in [0.717, 1.165) is 11.3 Å². The number of rotatable bonds is 3. The molecule has 1 aliphatic heterocycles. The molecule has 5 nitrogen and oxygen atoms in total. The predicted molar refractivity (Wildman–Crippen MR) is 130 cm³/mol. The lowest BCUT2D eigenvalue weighted by Crippen LogP contribution is -2.44. The predicted octanol–water partition coefficient (Wildman–Crippen LogP) is 4.82. The number of nitrogens with zero attached hydrogens (tertiary/aromatic N) is 1. The Morgan fingerprint density at radius 1 is 0.853 bits per heavy atom. The summed E-state index contributed by atoms with van der Waals surface area (Å²) in [6, 6.07) is 8.47. The lowest BCUT2D eigenvalue weighted by molar-refractivity contribution is -0.129. The fourth-order valence-electron chi connectivity index (χ4n) is 5.81. The van der Waals surface area contributed by atoms with Gasteiger partial charge in [-0.15, -0.1) is 0 Å². The minimum atomic E-state index is -0.670. The molecule has 5 heteroatoms. The summed E-state index contributed by atoms with van der Waals surface area (Å²) in [7, 11) is 0. The number of ketones is 2. The summed E-state index contributed by atoms with van der Waals surface area (Å²) in [6.07, 6.45) is 6.96. The van der Waals surface area contributed by atoms with E-state index in [-0.39, 0.29) is 29.2 Å². The van der Waals surface area contributed by atoms with E-state index in [1.54, 1.807) is 6.20 Å². The van der Waals surface area contributed by atoms with E-state index in [1.807, 2.05) is 12.1 Å². The summed E-state index contributed by atoms with van der Waals surface area (Å²) in [5, 5.41) is 0. The molecule has 0 N–H and O–H groups in total. The SMILES string of the molecule is Cc1cc2c(cc1C1(c3ccc(C4C(=O)CCC4=O)cn3)COCOC1)C(C)(C)C=CC2(C)C. The maximum atomic E-state index is 12.3. The molecule has 2 fully saturated rings. The van der Waals surface area contributed by atoms with Gasteiger partial charge in [0.2, 0.25) is 0 Å². The smallest absolute Gasteiger partial charge is 0.148 e. The highest BCUT2D eigenvalue weighted by molar-refractivity contribution is 6.13. The van der Waals surface area contributed by atoms with Crippen LogP contribution < -0.4 is 0 Å². The Balaban J connectivity index is 1.63. The number of hydrogen-bond acceptors (Lipinski definition) is 5. The Kier molecular flexibility index (Phi) is 5.41. The van der Waals surface area contributed by atoms with Gasteiger partial charge in [-0.1, -0.05) is 58.0 Å². The summed E-state index contributed by atoms with van der Waals surface area (Å²) in [6.45, 7) is 12.3. The summed E-state index contributed by atoms with van der Waals surface area (Å²) >= 11 is 0. The molecule has 0 radical (unpaired) electrons. The Labute approximate surface area is 201 Å². The number of aryl methyl sites for hydroxylation is 1. The first-order valence-electron chi connectivity index (χ1n) is 12.1. The van der Waals surface area contributed by atoms with Crippen molar-refractivity contribution in [3.8, 4) is 0 Å². The number of carbonyl (C=O) groups excluding carboxylic acids is 2. The monoisotopic (exact) mass is 459 g/mol. The molecule has 5 rings (SSSR count). The number of carbonyl (C=O) groups is 2. The van der Waals surface area contributed by atoms with Gasteiger partial charge in [-0.2, -0.15) is 0 Å². The number of hydrogen-bond donors (Lipinski definition) is 0. The topological polar surface area (TPSA) is 65.5 Å². The molecule has 3 aliphatic rings. The summed E-state index contributed by atoms with van der Waals surface area (Å²) in [5.41, 5.74) is 5.80. The van der Waals surface area contributed by atoms with Crippen molar-refractivity contribution in [3.05, 3.63) is 76.1 Å². The number of allylic oxidation sites excluding steroid dienone is 2. The van der Waals surface area contributed by atoms with E-state index >= 15 is 0 Å². The second-order valence-electron chi connectivity index (χ2n) is 11.2. The van der Waals surface area contributed by atoms with Crippen LogP contribution in [-0.4, -0.2) is 36.6 Å². The number of benzene rings is 1. The van der Waals surface area contributed by atoms with Crippen LogP contribution in [0.1, 0.15) is 80.0 Å². The normalized spacial score (nSPS) is 23.2. The second kappa shape index (κ2) is 7.96. The van der Waals surface area contributed by atoms with E-state index in [0.29, 0.717) is 31.6 Å². The average molecular weight is 460 g/mol. The molecular formula is C29H33NO4. The third-order valence-corrected chi connectivity index (χ3v) is 7.92. The maximum Gasteiger partial charge on any atom is 0.148 e. The summed E-state index contributed by atoms with van der Waals surface area (Å²) in [4.78, 5) is 29.3. The number of pyridine rings is 1. The van der Waals surface area contributed by atoms with Gasteiger partial charge < -0.3 is 9.47 Å². The third-order valence-electron chi connectivity index (χ3n) is 7.92. The van der Waals surface area contributed by atoms with Crippen molar-refractivity contribution in [2.24, 2.45) is 0 Å². The van der Waals surface area contributed by atoms with Crippen LogP contribution in [0.2, 0.25) is 0 Å². The molecule has 1 saturated heterocycles. The molecule has 1 aromatic heterocycles. The summed E-state index contributed by atoms with van der Waals surface area (Å²) < 4.78 is 11.7. The largest absolute Gasteiger partial charge is 0.354 e. The van der Waals surface area contributed by atoms with E-state index in [9.17, 15) is 9.59 Å². The van der Waals surface area contributed by atoms with Crippen molar-refractivity contribution in [1.82, 2.24) is 4.98 Å². The fraction of sp³-hybridized carbons (Fsp3) is 0.483. The van der Waals surface area contributed by atoms with Crippen molar-refractivity contribution in [1.29, 1.82) is 0 Å². The zero-order valence-electron chi connectivity index (χ0n) is 20.7. The van der Waals surface area contributed by atoms with Gasteiger partial charge in [-0.3, -0.25) is 14.6 Å². The van der Waals surface area contributed by atoms with Gasteiger partial charge in [-0.05, 0) is 40.8 Å². The molecule has 2 aliphatic carbocycles. The zero-order valence-corrected chi connectivity index (χ0v) is 20.7. The van der Waals surface area contributed by atoms with Crippen LogP contribution in [0.3, 0.4) is 0 Å². The van der Waals surface area contributed by atoms with Gasteiger partial charge in [0.25, 0.3) is 0 Å². The van der Waals surface area contributed by atoms with Crippen LogP contribution in [-0.2, 0) is 35.3 Å². The molecule has 0 unspecified atom stereocenters. The van der Waals surface area contributed by atoms with Crippen LogP contribution in [0.25, 0.3) is 0 Å². The first kappa shape index (κ1) is 23.1. The van der Waals surface area contributed by atoms with Crippen LogP contribution in [0, 0.1) is 6.92 Å². The molecule has 2 heterocycles. The molecule has 0 atom stereocenters. The molecule has 178 valence electrons. The van der Waals surface area contributed by atoms with Crippen LogP contribution in [0.4, 0.5) is 0 Å². The van der Waals surface area contributed by atoms with Gasteiger partial charge in [0.05, 0.1) is 24.3 Å². The van der Waals surface area contributed by atoms with E-state index < -0.39 is 11.3 Å². The van der Waals surface area contributed by atoms with Crippen LogP contribution in [0.5, 0.6) is 0 Å². The Hall–Kier alpha value is -2.63. The molecular weight excluding hydrogens is 426 g/mol. The minimum absolute atomic E-state index is 0.0120. The highest BCUT2D eigenvalue weighted by Crippen LogP contribution is 2.45. The Morgan fingerprint density at radius 2 is 1.44 bits per heavy atom. The molecule has 0 bridgehead atoms. The van der Waals surface area contributed by atoms with Gasteiger partial charge in [0, 0.05) is 29.9 Å². The molecule has 0 amide bonds. The highest BCUT2D eigenvalue weighted by atomic mass is 16.7. The maximum absolute atomic E-state index is 12.3. The standard InChI is InChI=1S/C29H33NO4/c1-18-12-21-22(28(4,5)11-10-27(21,2)3)13-20(18)29(15-33-17-34-16-29)25-9-6-19(14-30-25)26-23(31)7-8-24(26)32/h6,9-14,26H,7-8,15-17H2,1-5H3. The number of aromatic nitrogens is 1. The highest BCUT2D eigenvalue weighted by Gasteiger charge is 2.43. The molecule has 1 aromatic carbocycles. The Morgan fingerprint density at radius 3 is 2.00 bits per heavy atom. The van der Waals surface area contributed by atoms with Crippen molar-refractivity contribution in [3.63, 3.8) is 0 Å². The lowest BCUT2D eigenvalue weighted by atomic mass is 9.65. The van der Waals surface area contributed by atoms with Crippen LogP contribution in [0.15, 0.2) is 42.6 Å². The second-order valence-corrected chi connectivity index (χ2v) is 11.2. The minimum Gasteiger partial charge on any atom is -0.354 e. The van der Waals surface area contributed by atoms with E-state index in [2.05, 4.69) is 58.9 Å². The first-order valence-corrected chi connectivity index (χ1v) is 12.1. The van der Waals surface area contributed by atoms with Crippen molar-refractivity contribution in [2.45, 2.75) is 69.6 Å². The molecule has 34 heavy (non-hydrogen) atoms. The lowest BCUT2D eigenvalue weighted by Gasteiger charge is -2.42. The van der Waals surface area contributed by atoms with Gasteiger partial charge in [0.15, 0.2) is 0 Å². The molecule has 2 aromatic rings. The number of Topliss-reactive ketones (excluding diaryl/α,β-unsaturated/α-hetero) is 2. The van der Waals surface area contributed by atoms with Gasteiger partial charge in [-0.25, -0.2) is 0 Å². The number of fused-ring (bicyclic) bond motifs is 1. The Bertz CT molecular complexity index is 1170. The summed E-state index contributed by atoms with van der Waals surface area (Å²) in [5.74, 6) is -0.694. The van der Waals surface area contributed by atoms with E-state index in [4.69, 9.17) is 14.5 Å². The molecule has 1 saturated carbocycles. The van der Waals surface area contributed by atoms with Crippen molar-refractivity contribution in [2.75, 3.05) is 20.0 Å². The quantitative estimate of drug-likeness (QED) is 0.486. The zero-order chi connectivity index (χ0) is 24.3. The van der Waals surface area contributed by atoms with Crippen LogP contribution >= 0.6 is 0 Å². The fourth-order valence-corrected chi connectivity index (χ4v) is 5.81.